The van der Waals surface area contributed by atoms with E-state index in [0.717, 1.165) is 12.0 Å². The van der Waals surface area contributed by atoms with Gasteiger partial charge in [-0.25, -0.2) is 0 Å². The van der Waals surface area contributed by atoms with Gasteiger partial charge in [-0.3, -0.25) is 0 Å². The van der Waals surface area contributed by atoms with E-state index < -0.39 is 0 Å². The van der Waals surface area contributed by atoms with Crippen molar-refractivity contribution in [3.8, 4) is 0 Å². The van der Waals surface area contributed by atoms with Crippen LogP contribution in [0.5, 0.6) is 0 Å². The molecule has 1 aromatic heterocycles. The van der Waals surface area contributed by atoms with E-state index in [1.54, 1.807) is 11.2 Å². The maximum atomic E-state index is 5.56. The molecule has 3 rings (SSSR count). The first-order valence-corrected chi connectivity index (χ1v) is 10.1. The number of fused-ring (bicyclic) bond motifs is 1. The SMILES string of the molecule is Cc1c(C)c([S+](C)C)c(C)c(C)c1Cc1ccc2ccoc2c1. The minimum atomic E-state index is 0.294. The van der Waals surface area contributed by atoms with Gasteiger partial charge in [0.15, 0.2) is 4.90 Å². The summed E-state index contributed by atoms with van der Waals surface area (Å²) in [5.41, 5.74) is 9.60. The van der Waals surface area contributed by atoms with Crippen LogP contribution >= 0.6 is 0 Å². The molecule has 0 N–H and O–H groups in total. The fourth-order valence-electron chi connectivity index (χ4n) is 3.55. The molecule has 1 nitrogen and oxygen atoms in total. The van der Waals surface area contributed by atoms with Crippen molar-refractivity contribution >= 4 is 21.9 Å². The summed E-state index contributed by atoms with van der Waals surface area (Å²) in [4.78, 5) is 1.55. The molecule has 0 aliphatic rings. The van der Waals surface area contributed by atoms with Gasteiger partial charge in [-0.2, -0.15) is 0 Å². The summed E-state index contributed by atoms with van der Waals surface area (Å²) in [6.45, 7) is 9.12. The zero-order valence-electron chi connectivity index (χ0n) is 14.9. The lowest BCUT2D eigenvalue weighted by Gasteiger charge is -2.18. The molecule has 0 fully saturated rings. The van der Waals surface area contributed by atoms with Gasteiger partial charge in [-0.1, -0.05) is 12.1 Å². The molecule has 0 atom stereocenters. The highest BCUT2D eigenvalue weighted by molar-refractivity contribution is 7.95. The molecule has 120 valence electrons. The first-order chi connectivity index (χ1) is 10.9. The Morgan fingerprint density at radius 3 is 2.13 bits per heavy atom. The number of hydrogen-bond acceptors (Lipinski definition) is 1. The van der Waals surface area contributed by atoms with Crippen LogP contribution in [0.25, 0.3) is 11.0 Å². The van der Waals surface area contributed by atoms with E-state index >= 15 is 0 Å². The fraction of sp³-hybridized carbons (Fsp3) is 0.333. The van der Waals surface area contributed by atoms with Gasteiger partial charge in [0.05, 0.1) is 6.26 Å². The van der Waals surface area contributed by atoms with Crippen LogP contribution in [0.1, 0.15) is 33.4 Å². The Morgan fingerprint density at radius 1 is 0.870 bits per heavy atom. The number of benzene rings is 2. The molecule has 0 radical (unpaired) electrons. The Balaban J connectivity index is 2.09. The first kappa shape index (κ1) is 16.2. The van der Waals surface area contributed by atoms with E-state index in [4.69, 9.17) is 4.42 Å². The third-order valence-corrected chi connectivity index (χ3v) is 6.45. The molecule has 2 heteroatoms. The van der Waals surface area contributed by atoms with E-state index in [1.807, 2.05) is 6.07 Å². The largest absolute Gasteiger partial charge is 0.464 e. The van der Waals surface area contributed by atoms with Gasteiger partial charge < -0.3 is 4.42 Å². The highest BCUT2D eigenvalue weighted by Crippen LogP contribution is 2.32. The number of hydrogen-bond donors (Lipinski definition) is 0. The van der Waals surface area contributed by atoms with Gasteiger partial charge in [-0.15, -0.1) is 0 Å². The fourth-order valence-corrected chi connectivity index (χ4v) is 5.08. The normalized spacial score (nSPS) is 11.6. The first-order valence-electron chi connectivity index (χ1n) is 8.03. The Labute approximate surface area is 142 Å². The summed E-state index contributed by atoms with van der Waals surface area (Å²) in [7, 11) is 0.294. The van der Waals surface area contributed by atoms with E-state index in [2.05, 4.69) is 58.4 Å². The number of rotatable bonds is 3. The molecule has 0 aliphatic heterocycles. The lowest BCUT2D eigenvalue weighted by atomic mass is 9.90. The average Bonchev–Trinajstić information content (AvgIpc) is 2.97. The maximum absolute atomic E-state index is 5.56. The third kappa shape index (κ3) is 2.81. The summed E-state index contributed by atoms with van der Waals surface area (Å²) in [5, 5.41) is 1.17. The monoisotopic (exact) mass is 325 g/mol. The lowest BCUT2D eigenvalue weighted by Crippen LogP contribution is -2.09. The molecule has 0 unspecified atom stereocenters. The Bertz CT molecular complexity index is 842. The van der Waals surface area contributed by atoms with E-state index in [-0.39, 0.29) is 0 Å². The molecular weight excluding hydrogens is 300 g/mol. The molecule has 3 aromatic rings. The van der Waals surface area contributed by atoms with Crippen molar-refractivity contribution in [1.82, 2.24) is 0 Å². The summed E-state index contributed by atoms with van der Waals surface area (Å²) in [6, 6.07) is 8.57. The summed E-state index contributed by atoms with van der Waals surface area (Å²) < 4.78 is 5.56. The topological polar surface area (TPSA) is 13.1 Å². The standard InChI is InChI=1S/C21H25OS/c1-13-15(3)21(23(5)6)16(4)14(2)19(13)11-17-7-8-18-9-10-22-20(18)12-17/h7-10,12H,11H2,1-6H3/q+1. The molecule has 0 amide bonds. The van der Waals surface area contributed by atoms with Crippen molar-refractivity contribution in [2.75, 3.05) is 12.5 Å². The molecule has 0 saturated heterocycles. The van der Waals surface area contributed by atoms with Crippen LogP contribution in [0, 0.1) is 27.7 Å². The second kappa shape index (κ2) is 6.09. The van der Waals surface area contributed by atoms with Crippen LogP contribution < -0.4 is 0 Å². The average molecular weight is 325 g/mol. The quantitative estimate of drug-likeness (QED) is 0.580. The Hall–Kier alpha value is -1.67. The van der Waals surface area contributed by atoms with Crippen molar-refractivity contribution in [3.63, 3.8) is 0 Å². The van der Waals surface area contributed by atoms with Crippen molar-refractivity contribution in [2.24, 2.45) is 0 Å². The van der Waals surface area contributed by atoms with E-state index in [9.17, 15) is 0 Å². The second-order valence-corrected chi connectivity index (χ2v) is 8.63. The van der Waals surface area contributed by atoms with Crippen molar-refractivity contribution in [1.29, 1.82) is 0 Å². The minimum Gasteiger partial charge on any atom is -0.464 e. The molecule has 0 spiro atoms. The minimum absolute atomic E-state index is 0.294. The van der Waals surface area contributed by atoms with Crippen LogP contribution in [-0.4, -0.2) is 12.5 Å². The van der Waals surface area contributed by atoms with Gasteiger partial charge in [0.1, 0.15) is 18.1 Å². The molecule has 0 bridgehead atoms. The highest BCUT2D eigenvalue weighted by atomic mass is 32.2. The van der Waals surface area contributed by atoms with Crippen LogP contribution in [0.3, 0.4) is 0 Å². The van der Waals surface area contributed by atoms with Gasteiger partial charge in [0, 0.05) is 27.4 Å². The van der Waals surface area contributed by atoms with Crippen molar-refractivity contribution in [3.05, 3.63) is 63.9 Å². The summed E-state index contributed by atoms with van der Waals surface area (Å²) in [6.07, 6.45) is 7.37. The van der Waals surface area contributed by atoms with Gasteiger partial charge >= 0.3 is 0 Å². The molecule has 1 heterocycles. The predicted octanol–water partition coefficient (Wildman–Crippen LogP) is 5.49. The van der Waals surface area contributed by atoms with E-state index in [1.165, 1.54) is 38.8 Å². The zero-order chi connectivity index (χ0) is 16.7. The van der Waals surface area contributed by atoms with Gasteiger partial charge in [0.2, 0.25) is 0 Å². The smallest absolute Gasteiger partial charge is 0.160 e. The highest BCUT2D eigenvalue weighted by Gasteiger charge is 2.22. The lowest BCUT2D eigenvalue weighted by molar-refractivity contribution is 0.615. The molecule has 2 aromatic carbocycles. The predicted molar refractivity (Wildman–Crippen MR) is 102 cm³/mol. The van der Waals surface area contributed by atoms with Crippen LogP contribution in [0.15, 0.2) is 39.8 Å². The molecule has 23 heavy (non-hydrogen) atoms. The Morgan fingerprint density at radius 2 is 1.52 bits per heavy atom. The third-order valence-electron chi connectivity index (χ3n) is 5.02. The van der Waals surface area contributed by atoms with Crippen molar-refractivity contribution in [2.45, 2.75) is 39.0 Å². The van der Waals surface area contributed by atoms with Crippen LogP contribution in [0.4, 0.5) is 0 Å². The summed E-state index contributed by atoms with van der Waals surface area (Å²) >= 11 is 0. The van der Waals surface area contributed by atoms with Gasteiger partial charge in [0.25, 0.3) is 0 Å². The van der Waals surface area contributed by atoms with Crippen LogP contribution in [0.2, 0.25) is 0 Å². The summed E-state index contributed by atoms with van der Waals surface area (Å²) in [5.74, 6) is 0. The van der Waals surface area contributed by atoms with E-state index in [0.29, 0.717) is 10.9 Å². The zero-order valence-corrected chi connectivity index (χ0v) is 15.7. The van der Waals surface area contributed by atoms with Crippen molar-refractivity contribution < 1.29 is 4.42 Å². The van der Waals surface area contributed by atoms with Gasteiger partial charge in [-0.05, 0) is 68.5 Å². The van der Waals surface area contributed by atoms with Crippen LogP contribution in [-0.2, 0) is 17.3 Å². The Kier molecular flexibility index (Phi) is 4.29. The second-order valence-electron chi connectivity index (χ2n) is 6.59. The number of furan rings is 1. The maximum Gasteiger partial charge on any atom is 0.160 e. The molecule has 0 aliphatic carbocycles. The molecular formula is C21H25OS+. The molecule has 0 saturated carbocycles.